The number of hydrogen-bond donors (Lipinski definition) is 1. The standard InChI is InChI=1S/C19H19FN2O5S/c1-12-8-14-9-13(6-7-17(14)22(12)28(2,25)26)19(24)27-11-18(23)21-16-5-3-4-15(20)10-16/h3-7,9-10,12H,8,11H2,1-2H3,(H,21,23)/t12-/m1/s1. The van der Waals surface area contributed by atoms with Crippen molar-refractivity contribution in [2.24, 2.45) is 0 Å². The Kier molecular flexibility index (Phi) is 5.37. The van der Waals surface area contributed by atoms with Crippen LogP contribution in [0.1, 0.15) is 22.8 Å². The molecule has 1 N–H and O–H groups in total. The first-order chi connectivity index (χ1) is 13.1. The zero-order chi connectivity index (χ0) is 20.5. The number of benzene rings is 2. The van der Waals surface area contributed by atoms with Gasteiger partial charge in [0.2, 0.25) is 10.0 Å². The number of rotatable bonds is 5. The molecule has 7 nitrogen and oxygen atoms in total. The third-order valence-electron chi connectivity index (χ3n) is 4.27. The number of anilines is 2. The summed E-state index contributed by atoms with van der Waals surface area (Å²) in [5, 5.41) is 2.43. The fourth-order valence-corrected chi connectivity index (χ4v) is 4.48. The molecule has 1 aliphatic rings. The Labute approximate surface area is 162 Å². The molecule has 1 aliphatic heterocycles. The van der Waals surface area contributed by atoms with Crippen molar-refractivity contribution in [3.05, 3.63) is 59.4 Å². The number of sulfonamides is 1. The van der Waals surface area contributed by atoms with Crippen LogP contribution in [0.25, 0.3) is 0 Å². The van der Waals surface area contributed by atoms with Gasteiger partial charge in [-0.3, -0.25) is 9.10 Å². The molecule has 28 heavy (non-hydrogen) atoms. The van der Waals surface area contributed by atoms with E-state index in [2.05, 4.69) is 5.32 Å². The summed E-state index contributed by atoms with van der Waals surface area (Å²) in [4.78, 5) is 24.1. The molecule has 0 aliphatic carbocycles. The lowest BCUT2D eigenvalue weighted by Crippen LogP contribution is -2.34. The number of nitrogens with zero attached hydrogens (tertiary/aromatic N) is 1. The molecule has 0 aromatic heterocycles. The van der Waals surface area contributed by atoms with Gasteiger partial charge in [-0.1, -0.05) is 6.07 Å². The van der Waals surface area contributed by atoms with Crippen molar-refractivity contribution in [1.29, 1.82) is 0 Å². The molecule has 0 fully saturated rings. The molecule has 148 valence electrons. The van der Waals surface area contributed by atoms with Gasteiger partial charge in [0.1, 0.15) is 5.82 Å². The third-order valence-corrected chi connectivity index (χ3v) is 5.54. The SMILES string of the molecule is C[C@@H]1Cc2cc(C(=O)OCC(=O)Nc3cccc(F)c3)ccc2N1S(C)(=O)=O. The molecule has 2 aromatic carbocycles. The van der Waals surface area contributed by atoms with Crippen LogP contribution in [0, 0.1) is 5.82 Å². The minimum Gasteiger partial charge on any atom is -0.452 e. The fraction of sp³-hybridized carbons (Fsp3) is 0.263. The Hall–Kier alpha value is -2.94. The number of halogens is 1. The maximum atomic E-state index is 13.1. The van der Waals surface area contributed by atoms with Gasteiger partial charge in [0, 0.05) is 11.7 Å². The zero-order valence-electron chi connectivity index (χ0n) is 15.3. The number of hydrogen-bond acceptors (Lipinski definition) is 5. The van der Waals surface area contributed by atoms with Crippen LogP contribution < -0.4 is 9.62 Å². The van der Waals surface area contributed by atoms with Crippen molar-refractivity contribution in [2.75, 3.05) is 22.5 Å². The Bertz CT molecular complexity index is 1040. The predicted octanol–water partition coefficient (Wildman–Crippen LogP) is 2.33. The Morgan fingerprint density at radius 1 is 1.25 bits per heavy atom. The Morgan fingerprint density at radius 2 is 2.00 bits per heavy atom. The zero-order valence-corrected chi connectivity index (χ0v) is 16.1. The topological polar surface area (TPSA) is 92.8 Å². The highest BCUT2D eigenvalue weighted by atomic mass is 32.2. The van der Waals surface area contributed by atoms with Crippen molar-refractivity contribution >= 4 is 33.3 Å². The highest BCUT2D eigenvalue weighted by Crippen LogP contribution is 2.34. The second-order valence-corrected chi connectivity index (χ2v) is 8.45. The molecule has 9 heteroatoms. The summed E-state index contributed by atoms with van der Waals surface area (Å²) in [6, 6.07) is 9.70. The first-order valence-electron chi connectivity index (χ1n) is 8.50. The molecular weight excluding hydrogens is 387 g/mol. The lowest BCUT2D eigenvalue weighted by atomic mass is 10.1. The lowest BCUT2D eigenvalue weighted by molar-refractivity contribution is -0.119. The van der Waals surface area contributed by atoms with Crippen LogP contribution in [0.3, 0.4) is 0 Å². The summed E-state index contributed by atoms with van der Waals surface area (Å²) >= 11 is 0. The van der Waals surface area contributed by atoms with Crippen molar-refractivity contribution in [1.82, 2.24) is 0 Å². The quantitative estimate of drug-likeness (QED) is 0.770. The number of ether oxygens (including phenoxy) is 1. The fourth-order valence-electron chi connectivity index (χ4n) is 3.21. The monoisotopic (exact) mass is 406 g/mol. The van der Waals surface area contributed by atoms with E-state index in [4.69, 9.17) is 4.74 Å². The maximum absolute atomic E-state index is 13.1. The van der Waals surface area contributed by atoms with Gasteiger partial charge < -0.3 is 10.1 Å². The van der Waals surface area contributed by atoms with Crippen molar-refractivity contribution in [2.45, 2.75) is 19.4 Å². The Balaban J connectivity index is 1.64. The van der Waals surface area contributed by atoms with E-state index in [0.29, 0.717) is 12.1 Å². The second-order valence-electron chi connectivity index (χ2n) is 6.59. The van der Waals surface area contributed by atoms with Gasteiger partial charge in [0.05, 0.1) is 17.5 Å². The van der Waals surface area contributed by atoms with Crippen LogP contribution in [0.4, 0.5) is 15.8 Å². The van der Waals surface area contributed by atoms with Gasteiger partial charge in [-0.05, 0) is 55.3 Å². The van der Waals surface area contributed by atoms with Gasteiger partial charge >= 0.3 is 5.97 Å². The summed E-state index contributed by atoms with van der Waals surface area (Å²) < 4.78 is 43.3. The van der Waals surface area contributed by atoms with E-state index >= 15 is 0 Å². The molecule has 0 saturated carbocycles. The summed E-state index contributed by atoms with van der Waals surface area (Å²) in [7, 11) is -3.42. The molecule has 0 saturated heterocycles. The van der Waals surface area contributed by atoms with E-state index in [1.807, 2.05) is 0 Å². The minimum absolute atomic E-state index is 0.222. The molecule has 1 heterocycles. The second kappa shape index (κ2) is 7.59. The first-order valence-corrected chi connectivity index (χ1v) is 10.3. The van der Waals surface area contributed by atoms with E-state index in [-0.39, 0.29) is 17.3 Å². The summed E-state index contributed by atoms with van der Waals surface area (Å²) in [5.74, 6) is -1.80. The van der Waals surface area contributed by atoms with Crippen molar-refractivity contribution in [3.63, 3.8) is 0 Å². The molecule has 0 bridgehead atoms. The third kappa shape index (κ3) is 4.30. The normalized spacial score (nSPS) is 15.8. The average Bonchev–Trinajstić information content (AvgIpc) is 2.94. The predicted molar refractivity (Wildman–Crippen MR) is 102 cm³/mol. The van der Waals surface area contributed by atoms with Crippen LogP contribution in [0.15, 0.2) is 42.5 Å². The molecule has 0 spiro atoms. The highest BCUT2D eigenvalue weighted by molar-refractivity contribution is 7.92. The van der Waals surface area contributed by atoms with E-state index in [1.54, 1.807) is 19.1 Å². The van der Waals surface area contributed by atoms with Crippen LogP contribution in [-0.2, 0) is 26.0 Å². The highest BCUT2D eigenvalue weighted by Gasteiger charge is 2.32. The van der Waals surface area contributed by atoms with Gasteiger partial charge in [-0.25, -0.2) is 17.6 Å². The van der Waals surface area contributed by atoms with Crippen LogP contribution >= 0.6 is 0 Å². The van der Waals surface area contributed by atoms with E-state index in [1.165, 1.54) is 28.6 Å². The van der Waals surface area contributed by atoms with Gasteiger partial charge in [-0.2, -0.15) is 0 Å². The van der Waals surface area contributed by atoms with E-state index < -0.39 is 34.3 Å². The maximum Gasteiger partial charge on any atom is 0.338 e. The van der Waals surface area contributed by atoms with E-state index in [0.717, 1.165) is 17.9 Å². The number of esters is 1. The number of carbonyl (C=O) groups excluding carboxylic acids is 2. The van der Waals surface area contributed by atoms with Crippen LogP contribution in [-0.4, -0.2) is 39.2 Å². The number of amides is 1. The molecule has 3 rings (SSSR count). The molecule has 0 radical (unpaired) electrons. The first kappa shape index (κ1) is 19.8. The Morgan fingerprint density at radius 3 is 2.68 bits per heavy atom. The average molecular weight is 406 g/mol. The molecule has 1 amide bonds. The summed E-state index contributed by atoms with van der Waals surface area (Å²) in [6.45, 7) is 1.26. The van der Waals surface area contributed by atoms with E-state index in [9.17, 15) is 22.4 Å². The van der Waals surface area contributed by atoms with Crippen molar-refractivity contribution < 1.29 is 27.1 Å². The van der Waals surface area contributed by atoms with Crippen LogP contribution in [0.2, 0.25) is 0 Å². The summed E-state index contributed by atoms with van der Waals surface area (Å²) in [5.41, 5.74) is 1.74. The summed E-state index contributed by atoms with van der Waals surface area (Å²) in [6.07, 6.45) is 1.61. The minimum atomic E-state index is -3.42. The largest absolute Gasteiger partial charge is 0.452 e. The van der Waals surface area contributed by atoms with Gasteiger partial charge in [0.15, 0.2) is 6.61 Å². The number of fused-ring (bicyclic) bond motifs is 1. The number of carbonyl (C=O) groups is 2. The molecule has 2 aromatic rings. The lowest BCUT2D eigenvalue weighted by Gasteiger charge is -2.21. The van der Waals surface area contributed by atoms with Gasteiger partial charge in [0.25, 0.3) is 5.91 Å². The molecular formula is C19H19FN2O5S. The van der Waals surface area contributed by atoms with Crippen LogP contribution in [0.5, 0.6) is 0 Å². The number of nitrogens with one attached hydrogen (secondary N) is 1. The van der Waals surface area contributed by atoms with Gasteiger partial charge in [-0.15, -0.1) is 0 Å². The van der Waals surface area contributed by atoms with Crippen molar-refractivity contribution in [3.8, 4) is 0 Å². The smallest absolute Gasteiger partial charge is 0.338 e. The molecule has 1 atom stereocenters. The molecule has 0 unspecified atom stereocenters.